The monoisotopic (exact) mass is 195 g/mol. The van der Waals surface area contributed by atoms with Gasteiger partial charge in [-0.3, -0.25) is 4.79 Å². The molecule has 14 heavy (non-hydrogen) atoms. The summed E-state index contributed by atoms with van der Waals surface area (Å²) in [6, 6.07) is 1.79. The lowest BCUT2D eigenvalue weighted by atomic mass is 10.2. The largest absolute Gasteiger partial charge is 0.481 e. The second kappa shape index (κ2) is 5.29. The molecule has 0 spiro atoms. The Hall–Kier alpha value is -1.49. The number of rotatable bonds is 5. The van der Waals surface area contributed by atoms with E-state index in [-0.39, 0.29) is 5.92 Å². The van der Waals surface area contributed by atoms with E-state index in [4.69, 9.17) is 5.11 Å². The molecular formula is C9H13N3O2. The van der Waals surface area contributed by atoms with Gasteiger partial charge in [0, 0.05) is 19.3 Å². The average molecular weight is 195 g/mol. The van der Waals surface area contributed by atoms with E-state index in [9.17, 15) is 4.79 Å². The predicted molar refractivity (Wildman–Crippen MR) is 50.5 cm³/mol. The summed E-state index contributed by atoms with van der Waals surface area (Å²) in [7, 11) is 0. The molecule has 0 aromatic carbocycles. The molecule has 0 aliphatic heterocycles. The first-order valence-electron chi connectivity index (χ1n) is 4.38. The summed E-state index contributed by atoms with van der Waals surface area (Å²) >= 11 is 0. The highest BCUT2D eigenvalue weighted by Crippen LogP contribution is 1.94. The molecular weight excluding hydrogens is 182 g/mol. The third-order valence-corrected chi connectivity index (χ3v) is 1.82. The topological polar surface area (TPSA) is 75.1 Å². The summed E-state index contributed by atoms with van der Waals surface area (Å²) in [5, 5.41) is 11.6. The number of nitrogens with zero attached hydrogens (tertiary/aromatic N) is 2. The maximum absolute atomic E-state index is 10.5. The molecule has 76 valence electrons. The van der Waals surface area contributed by atoms with Crippen molar-refractivity contribution in [2.24, 2.45) is 5.92 Å². The predicted octanol–water partition coefficient (Wildman–Crippen LogP) is 0.287. The van der Waals surface area contributed by atoms with Crippen LogP contribution in [0, 0.1) is 5.92 Å². The summed E-state index contributed by atoms with van der Waals surface area (Å²) in [6.45, 7) is 2.68. The fourth-order valence-electron chi connectivity index (χ4n) is 0.927. The van der Waals surface area contributed by atoms with Crippen LogP contribution >= 0.6 is 0 Å². The first kappa shape index (κ1) is 10.6. The third kappa shape index (κ3) is 3.49. The molecule has 2 N–H and O–H groups in total. The van der Waals surface area contributed by atoms with E-state index in [0.29, 0.717) is 13.1 Å². The Morgan fingerprint density at radius 3 is 3.07 bits per heavy atom. The second-order valence-electron chi connectivity index (χ2n) is 3.07. The summed E-state index contributed by atoms with van der Waals surface area (Å²) in [5.74, 6) is -1.17. The zero-order chi connectivity index (χ0) is 10.4. The van der Waals surface area contributed by atoms with Crippen LogP contribution in [0.4, 0.5) is 0 Å². The number of aromatic nitrogens is 2. The minimum Gasteiger partial charge on any atom is -0.481 e. The van der Waals surface area contributed by atoms with E-state index in [2.05, 4.69) is 15.3 Å². The van der Waals surface area contributed by atoms with Crippen LogP contribution in [-0.4, -0.2) is 27.6 Å². The van der Waals surface area contributed by atoms with Crippen LogP contribution in [0.15, 0.2) is 18.6 Å². The van der Waals surface area contributed by atoms with Gasteiger partial charge in [0.05, 0.1) is 11.6 Å². The van der Waals surface area contributed by atoms with Crippen LogP contribution in [0.3, 0.4) is 0 Å². The van der Waals surface area contributed by atoms with Crippen molar-refractivity contribution in [2.45, 2.75) is 13.5 Å². The normalized spacial score (nSPS) is 12.4. The maximum atomic E-state index is 10.5. The van der Waals surface area contributed by atoms with Gasteiger partial charge in [0.25, 0.3) is 0 Å². The van der Waals surface area contributed by atoms with Crippen LogP contribution in [-0.2, 0) is 11.3 Å². The first-order valence-corrected chi connectivity index (χ1v) is 4.38. The first-order chi connectivity index (χ1) is 6.70. The molecule has 0 bridgehead atoms. The Morgan fingerprint density at radius 2 is 2.50 bits per heavy atom. The number of aliphatic carboxylic acids is 1. The van der Waals surface area contributed by atoms with Crippen molar-refractivity contribution in [3.05, 3.63) is 24.3 Å². The molecule has 1 rings (SSSR count). The van der Waals surface area contributed by atoms with Crippen molar-refractivity contribution in [3.63, 3.8) is 0 Å². The van der Waals surface area contributed by atoms with Gasteiger partial charge in [0.15, 0.2) is 0 Å². The van der Waals surface area contributed by atoms with Gasteiger partial charge in [0.1, 0.15) is 6.33 Å². The molecule has 0 aliphatic carbocycles. The van der Waals surface area contributed by atoms with Crippen LogP contribution < -0.4 is 5.32 Å². The van der Waals surface area contributed by atoms with Gasteiger partial charge in [0.2, 0.25) is 0 Å². The average Bonchev–Trinajstić information content (AvgIpc) is 2.19. The number of carbonyl (C=O) groups is 1. The maximum Gasteiger partial charge on any atom is 0.307 e. The van der Waals surface area contributed by atoms with Gasteiger partial charge >= 0.3 is 5.97 Å². The smallest absolute Gasteiger partial charge is 0.307 e. The van der Waals surface area contributed by atoms with Gasteiger partial charge < -0.3 is 10.4 Å². The Bertz CT molecular complexity index is 289. The van der Waals surface area contributed by atoms with E-state index >= 15 is 0 Å². The standard InChI is InChI=1S/C9H13N3O2/c1-7(9(13)14)4-11-5-8-2-3-10-6-12-8/h2-3,6-7,11H,4-5H2,1H3,(H,13,14). The van der Waals surface area contributed by atoms with E-state index in [0.717, 1.165) is 5.69 Å². The molecule has 1 heterocycles. The molecule has 1 atom stereocenters. The summed E-state index contributed by atoms with van der Waals surface area (Å²) in [6.07, 6.45) is 3.13. The van der Waals surface area contributed by atoms with Crippen molar-refractivity contribution in [2.75, 3.05) is 6.54 Å². The lowest BCUT2D eigenvalue weighted by Crippen LogP contribution is -2.26. The zero-order valence-electron chi connectivity index (χ0n) is 7.97. The molecule has 0 amide bonds. The van der Waals surface area contributed by atoms with Crippen LogP contribution in [0.25, 0.3) is 0 Å². The highest BCUT2D eigenvalue weighted by atomic mass is 16.4. The number of nitrogens with one attached hydrogen (secondary N) is 1. The van der Waals surface area contributed by atoms with Crippen molar-refractivity contribution >= 4 is 5.97 Å². The van der Waals surface area contributed by atoms with Crippen molar-refractivity contribution in [1.29, 1.82) is 0 Å². The van der Waals surface area contributed by atoms with Gasteiger partial charge in [-0.1, -0.05) is 6.92 Å². The van der Waals surface area contributed by atoms with Crippen molar-refractivity contribution < 1.29 is 9.90 Å². The highest BCUT2D eigenvalue weighted by molar-refractivity contribution is 5.69. The molecule has 1 aromatic heterocycles. The van der Waals surface area contributed by atoms with Gasteiger partial charge in [-0.15, -0.1) is 0 Å². The molecule has 1 unspecified atom stereocenters. The lowest BCUT2D eigenvalue weighted by molar-refractivity contribution is -0.140. The van der Waals surface area contributed by atoms with Crippen LogP contribution in [0.2, 0.25) is 0 Å². The van der Waals surface area contributed by atoms with Gasteiger partial charge in [-0.2, -0.15) is 0 Å². The quantitative estimate of drug-likeness (QED) is 0.706. The molecule has 1 aromatic rings. The Balaban J connectivity index is 2.26. The molecule has 0 radical (unpaired) electrons. The molecule has 0 fully saturated rings. The molecule has 5 heteroatoms. The fraction of sp³-hybridized carbons (Fsp3) is 0.444. The van der Waals surface area contributed by atoms with Gasteiger partial charge in [-0.05, 0) is 6.07 Å². The van der Waals surface area contributed by atoms with Gasteiger partial charge in [-0.25, -0.2) is 9.97 Å². The van der Waals surface area contributed by atoms with Crippen LogP contribution in [0.1, 0.15) is 12.6 Å². The van der Waals surface area contributed by atoms with Crippen molar-refractivity contribution in [1.82, 2.24) is 15.3 Å². The third-order valence-electron chi connectivity index (χ3n) is 1.82. The Morgan fingerprint density at radius 1 is 1.71 bits per heavy atom. The van der Waals surface area contributed by atoms with E-state index in [1.807, 2.05) is 0 Å². The van der Waals surface area contributed by atoms with E-state index < -0.39 is 5.97 Å². The number of carboxylic acid groups (broad SMARTS) is 1. The highest BCUT2D eigenvalue weighted by Gasteiger charge is 2.09. The number of hydrogen-bond donors (Lipinski definition) is 2. The second-order valence-corrected chi connectivity index (χ2v) is 3.07. The minimum absolute atomic E-state index is 0.378. The Kier molecular flexibility index (Phi) is 4.00. The SMILES string of the molecule is CC(CNCc1ccncn1)C(=O)O. The molecule has 5 nitrogen and oxygen atoms in total. The zero-order valence-corrected chi connectivity index (χ0v) is 7.97. The number of carboxylic acids is 1. The van der Waals surface area contributed by atoms with Crippen LogP contribution in [0.5, 0.6) is 0 Å². The molecule has 0 saturated heterocycles. The fourth-order valence-corrected chi connectivity index (χ4v) is 0.927. The summed E-state index contributed by atoms with van der Waals surface area (Å²) in [5.41, 5.74) is 0.859. The summed E-state index contributed by atoms with van der Waals surface area (Å²) in [4.78, 5) is 18.3. The Labute approximate surface area is 82.2 Å². The molecule has 0 aliphatic rings. The van der Waals surface area contributed by atoms with E-state index in [1.165, 1.54) is 6.33 Å². The van der Waals surface area contributed by atoms with Crippen molar-refractivity contribution in [3.8, 4) is 0 Å². The lowest BCUT2D eigenvalue weighted by Gasteiger charge is -2.07. The molecule has 0 saturated carbocycles. The summed E-state index contributed by atoms with van der Waals surface area (Å²) < 4.78 is 0. The minimum atomic E-state index is -0.791. The number of hydrogen-bond acceptors (Lipinski definition) is 4. The van der Waals surface area contributed by atoms with E-state index in [1.54, 1.807) is 19.2 Å².